The molecule has 0 fully saturated rings. The lowest BCUT2D eigenvalue weighted by Gasteiger charge is -2.06. The summed E-state index contributed by atoms with van der Waals surface area (Å²) in [6.45, 7) is 5.32. The Morgan fingerprint density at radius 1 is 1.00 bits per heavy atom. The summed E-state index contributed by atoms with van der Waals surface area (Å²) in [4.78, 5) is 0. The third-order valence-electron chi connectivity index (χ3n) is 3.16. The van der Waals surface area contributed by atoms with Crippen LogP contribution in [0.15, 0.2) is 24.3 Å². The first kappa shape index (κ1) is 16.0. The molecule has 0 aliphatic rings. The highest BCUT2D eigenvalue weighted by Crippen LogP contribution is 2.15. The van der Waals surface area contributed by atoms with Crippen molar-refractivity contribution >= 4 is 0 Å². The SMILES string of the molecule is CCCC[NH2+]CCCCCCOc1ccccc1F. The van der Waals surface area contributed by atoms with Crippen LogP contribution in [0.2, 0.25) is 0 Å². The smallest absolute Gasteiger partial charge is 0.165 e. The van der Waals surface area contributed by atoms with E-state index in [1.165, 1.54) is 44.8 Å². The van der Waals surface area contributed by atoms with Crippen LogP contribution in [-0.2, 0) is 0 Å². The lowest BCUT2D eigenvalue weighted by atomic mass is 10.2. The lowest BCUT2D eigenvalue weighted by molar-refractivity contribution is -0.655. The van der Waals surface area contributed by atoms with Crippen LogP contribution < -0.4 is 10.1 Å². The Labute approximate surface area is 116 Å². The number of unbranched alkanes of at least 4 members (excludes halogenated alkanes) is 4. The van der Waals surface area contributed by atoms with E-state index in [9.17, 15) is 4.39 Å². The zero-order valence-corrected chi connectivity index (χ0v) is 12.0. The van der Waals surface area contributed by atoms with Crippen molar-refractivity contribution in [3.63, 3.8) is 0 Å². The van der Waals surface area contributed by atoms with Gasteiger partial charge in [-0.05, 0) is 44.2 Å². The van der Waals surface area contributed by atoms with E-state index >= 15 is 0 Å². The summed E-state index contributed by atoms with van der Waals surface area (Å²) in [5, 5.41) is 2.40. The molecule has 0 radical (unpaired) electrons. The Morgan fingerprint density at radius 2 is 1.74 bits per heavy atom. The minimum atomic E-state index is -0.270. The number of halogens is 1. The molecular formula is C16H27FNO+. The Bertz CT molecular complexity index is 330. The molecule has 1 rings (SSSR count). The molecule has 2 N–H and O–H groups in total. The number of hydrogen-bond donors (Lipinski definition) is 1. The van der Waals surface area contributed by atoms with Crippen LogP contribution in [0.1, 0.15) is 45.4 Å². The maximum atomic E-state index is 13.2. The molecule has 2 nitrogen and oxygen atoms in total. The normalized spacial score (nSPS) is 10.6. The number of quaternary nitrogens is 1. The van der Waals surface area contributed by atoms with Gasteiger partial charge < -0.3 is 10.1 Å². The highest BCUT2D eigenvalue weighted by molar-refractivity contribution is 5.23. The maximum Gasteiger partial charge on any atom is 0.165 e. The fourth-order valence-electron chi connectivity index (χ4n) is 1.98. The van der Waals surface area contributed by atoms with Crippen molar-refractivity contribution < 1.29 is 14.4 Å². The topological polar surface area (TPSA) is 25.8 Å². The molecule has 0 atom stereocenters. The van der Waals surface area contributed by atoms with Crippen LogP contribution in [0.25, 0.3) is 0 Å². The van der Waals surface area contributed by atoms with Crippen molar-refractivity contribution in [2.75, 3.05) is 19.7 Å². The van der Waals surface area contributed by atoms with Gasteiger partial charge in [-0.15, -0.1) is 0 Å². The molecule has 0 heterocycles. The van der Waals surface area contributed by atoms with E-state index in [-0.39, 0.29) is 5.82 Å². The summed E-state index contributed by atoms with van der Waals surface area (Å²) in [6.07, 6.45) is 7.27. The molecule has 0 aliphatic heterocycles. The van der Waals surface area contributed by atoms with E-state index in [1.54, 1.807) is 18.2 Å². The number of benzene rings is 1. The van der Waals surface area contributed by atoms with Gasteiger partial charge in [-0.1, -0.05) is 25.5 Å². The van der Waals surface area contributed by atoms with Gasteiger partial charge in [0.25, 0.3) is 0 Å². The summed E-state index contributed by atoms with van der Waals surface area (Å²) in [7, 11) is 0. The van der Waals surface area contributed by atoms with Crippen molar-refractivity contribution in [1.82, 2.24) is 0 Å². The number of ether oxygens (including phenoxy) is 1. The average Bonchev–Trinajstić information content (AvgIpc) is 2.43. The molecule has 0 saturated carbocycles. The molecule has 108 valence electrons. The maximum absolute atomic E-state index is 13.2. The van der Waals surface area contributed by atoms with Crippen LogP contribution in [0.4, 0.5) is 4.39 Å². The molecule has 0 bridgehead atoms. The van der Waals surface area contributed by atoms with Crippen molar-refractivity contribution in [2.24, 2.45) is 0 Å². The molecule has 0 amide bonds. The number of hydrogen-bond acceptors (Lipinski definition) is 1. The summed E-state index contributed by atoms with van der Waals surface area (Å²) >= 11 is 0. The van der Waals surface area contributed by atoms with Gasteiger partial charge in [0.15, 0.2) is 11.6 Å². The zero-order chi connectivity index (χ0) is 13.8. The molecule has 0 aromatic heterocycles. The second-order valence-corrected chi connectivity index (χ2v) is 4.91. The molecule has 0 unspecified atom stereocenters. The molecule has 0 spiro atoms. The third-order valence-corrected chi connectivity index (χ3v) is 3.16. The largest absolute Gasteiger partial charge is 0.491 e. The molecular weight excluding hydrogens is 241 g/mol. The van der Waals surface area contributed by atoms with E-state index in [0.717, 1.165) is 12.8 Å². The van der Waals surface area contributed by atoms with Gasteiger partial charge in [0.1, 0.15) is 0 Å². The van der Waals surface area contributed by atoms with Crippen molar-refractivity contribution in [3.8, 4) is 5.75 Å². The predicted molar refractivity (Wildman–Crippen MR) is 76.9 cm³/mol. The van der Waals surface area contributed by atoms with E-state index < -0.39 is 0 Å². The van der Waals surface area contributed by atoms with Crippen molar-refractivity contribution in [3.05, 3.63) is 30.1 Å². The van der Waals surface area contributed by atoms with Crippen LogP contribution in [0, 0.1) is 5.82 Å². The Morgan fingerprint density at radius 3 is 2.53 bits per heavy atom. The van der Waals surface area contributed by atoms with Gasteiger partial charge in [0.2, 0.25) is 0 Å². The quantitative estimate of drug-likeness (QED) is 0.613. The van der Waals surface area contributed by atoms with Gasteiger partial charge in [0, 0.05) is 0 Å². The fraction of sp³-hybridized carbons (Fsp3) is 0.625. The fourth-order valence-corrected chi connectivity index (χ4v) is 1.98. The Balaban J connectivity index is 1.90. The number of nitrogens with two attached hydrogens (primary N) is 1. The molecule has 19 heavy (non-hydrogen) atoms. The lowest BCUT2D eigenvalue weighted by Crippen LogP contribution is -2.84. The van der Waals surface area contributed by atoms with Crippen molar-refractivity contribution in [2.45, 2.75) is 45.4 Å². The van der Waals surface area contributed by atoms with Crippen molar-refractivity contribution in [1.29, 1.82) is 0 Å². The Hall–Kier alpha value is -1.09. The summed E-state index contributed by atoms with van der Waals surface area (Å²) in [5.74, 6) is 0.100. The van der Waals surface area contributed by atoms with Gasteiger partial charge in [0.05, 0.1) is 19.7 Å². The molecule has 1 aromatic carbocycles. The molecule has 0 saturated heterocycles. The first-order chi connectivity index (χ1) is 9.34. The van der Waals surface area contributed by atoms with E-state index in [2.05, 4.69) is 12.2 Å². The van der Waals surface area contributed by atoms with E-state index in [4.69, 9.17) is 4.74 Å². The standard InChI is InChI=1S/C16H26FNO/c1-2-3-12-18-13-8-4-5-9-14-19-16-11-7-6-10-15(16)17/h6-7,10-11,18H,2-5,8-9,12-14H2,1H3/p+1. The second-order valence-electron chi connectivity index (χ2n) is 4.91. The van der Waals surface area contributed by atoms with Gasteiger partial charge in [-0.3, -0.25) is 0 Å². The first-order valence-electron chi connectivity index (χ1n) is 7.53. The highest BCUT2D eigenvalue weighted by Gasteiger charge is 2.00. The van der Waals surface area contributed by atoms with Gasteiger partial charge >= 0.3 is 0 Å². The number of rotatable bonds is 11. The third kappa shape index (κ3) is 7.83. The summed E-state index contributed by atoms with van der Waals surface area (Å²) < 4.78 is 18.7. The first-order valence-corrected chi connectivity index (χ1v) is 7.53. The highest BCUT2D eigenvalue weighted by atomic mass is 19.1. The Kier molecular flexibility index (Phi) is 9.07. The van der Waals surface area contributed by atoms with E-state index in [1.807, 2.05) is 0 Å². The minimum Gasteiger partial charge on any atom is -0.491 e. The number of para-hydroxylation sites is 1. The van der Waals surface area contributed by atoms with Gasteiger partial charge in [-0.25, -0.2) is 4.39 Å². The zero-order valence-electron chi connectivity index (χ0n) is 12.0. The van der Waals surface area contributed by atoms with Crippen LogP contribution in [0.3, 0.4) is 0 Å². The minimum absolute atomic E-state index is 0.270. The van der Waals surface area contributed by atoms with Crippen LogP contribution >= 0.6 is 0 Å². The predicted octanol–water partition coefficient (Wildman–Crippen LogP) is 3.13. The second kappa shape index (κ2) is 10.8. The average molecular weight is 268 g/mol. The molecule has 1 aromatic rings. The monoisotopic (exact) mass is 268 g/mol. The summed E-state index contributed by atoms with van der Waals surface area (Å²) in [6, 6.07) is 6.58. The van der Waals surface area contributed by atoms with Crippen LogP contribution in [0.5, 0.6) is 5.75 Å². The molecule has 3 heteroatoms. The van der Waals surface area contributed by atoms with E-state index in [0.29, 0.717) is 12.4 Å². The van der Waals surface area contributed by atoms with Crippen LogP contribution in [-0.4, -0.2) is 19.7 Å². The summed E-state index contributed by atoms with van der Waals surface area (Å²) in [5.41, 5.74) is 0. The van der Waals surface area contributed by atoms with Gasteiger partial charge in [-0.2, -0.15) is 0 Å². The molecule has 0 aliphatic carbocycles.